The fraction of sp³-hybridized carbons (Fsp3) is 0.286. The zero-order valence-corrected chi connectivity index (χ0v) is 7.35. The molecule has 3 heteroatoms. The third-order valence-electron chi connectivity index (χ3n) is 1.41. The molecule has 0 aliphatic heterocycles. The Morgan fingerprint density at radius 2 is 2.30 bits per heavy atom. The number of hydrogen-bond acceptors (Lipinski definition) is 2. The number of aryl methyl sites for hydroxylation is 1. The van der Waals surface area contributed by atoms with Crippen LogP contribution in [0.5, 0.6) is 0 Å². The molecule has 0 unspecified atom stereocenters. The van der Waals surface area contributed by atoms with Crippen molar-refractivity contribution in [2.75, 3.05) is 5.73 Å². The Balaban J connectivity index is 3.14. The quantitative estimate of drug-likeness (QED) is 0.704. The smallest absolute Gasteiger partial charge is 0.0415 e. The summed E-state index contributed by atoms with van der Waals surface area (Å²) in [5.41, 5.74) is 8.66. The van der Waals surface area contributed by atoms with Crippen LogP contribution in [-0.2, 0) is 5.33 Å². The van der Waals surface area contributed by atoms with Gasteiger partial charge in [-0.3, -0.25) is 4.98 Å². The number of hydrogen-bond donors (Lipinski definition) is 1. The average molecular weight is 201 g/mol. The molecular weight excluding hydrogens is 192 g/mol. The molecule has 1 aromatic heterocycles. The molecule has 0 fully saturated rings. The van der Waals surface area contributed by atoms with Gasteiger partial charge in [0.15, 0.2) is 0 Å². The number of nitrogens with zero attached hydrogens (tertiary/aromatic N) is 1. The van der Waals surface area contributed by atoms with E-state index in [1.807, 2.05) is 6.92 Å². The van der Waals surface area contributed by atoms with Crippen LogP contribution in [0.2, 0.25) is 0 Å². The average Bonchev–Trinajstić information content (AvgIpc) is 1.95. The van der Waals surface area contributed by atoms with Gasteiger partial charge in [0.05, 0.1) is 0 Å². The monoisotopic (exact) mass is 200 g/mol. The van der Waals surface area contributed by atoms with E-state index in [-0.39, 0.29) is 0 Å². The topological polar surface area (TPSA) is 38.9 Å². The number of rotatable bonds is 1. The highest BCUT2D eigenvalue weighted by Crippen LogP contribution is 2.16. The van der Waals surface area contributed by atoms with Crippen LogP contribution in [0.1, 0.15) is 11.1 Å². The lowest BCUT2D eigenvalue weighted by molar-refractivity contribution is 1.22. The molecule has 0 aliphatic carbocycles. The largest absolute Gasteiger partial charge is 0.398 e. The SMILES string of the molecule is Cc1cncc(CBr)c1N. The number of halogens is 1. The molecule has 0 radical (unpaired) electrons. The number of nitrogen functional groups attached to an aromatic ring is 1. The predicted octanol–water partition coefficient (Wildman–Crippen LogP) is 1.87. The second kappa shape index (κ2) is 3.01. The number of anilines is 1. The number of aromatic nitrogens is 1. The Morgan fingerprint density at radius 1 is 1.60 bits per heavy atom. The highest BCUT2D eigenvalue weighted by atomic mass is 79.9. The van der Waals surface area contributed by atoms with Gasteiger partial charge in [0.2, 0.25) is 0 Å². The van der Waals surface area contributed by atoms with Crippen molar-refractivity contribution in [3.05, 3.63) is 23.5 Å². The van der Waals surface area contributed by atoms with E-state index in [1.165, 1.54) is 0 Å². The number of nitrogens with two attached hydrogens (primary N) is 1. The van der Waals surface area contributed by atoms with Gasteiger partial charge < -0.3 is 5.73 Å². The molecule has 2 N–H and O–H groups in total. The summed E-state index contributed by atoms with van der Waals surface area (Å²) in [7, 11) is 0. The molecule has 0 aromatic carbocycles. The molecule has 1 rings (SSSR count). The van der Waals surface area contributed by atoms with E-state index in [9.17, 15) is 0 Å². The van der Waals surface area contributed by atoms with Gasteiger partial charge in [-0.1, -0.05) is 15.9 Å². The van der Waals surface area contributed by atoms with E-state index in [4.69, 9.17) is 5.73 Å². The van der Waals surface area contributed by atoms with Gasteiger partial charge in [0.1, 0.15) is 0 Å². The van der Waals surface area contributed by atoms with Gasteiger partial charge >= 0.3 is 0 Å². The van der Waals surface area contributed by atoms with Crippen LogP contribution in [0, 0.1) is 6.92 Å². The van der Waals surface area contributed by atoms with Crippen LogP contribution in [0.15, 0.2) is 12.4 Å². The summed E-state index contributed by atoms with van der Waals surface area (Å²) in [5, 5.41) is 0.771. The van der Waals surface area contributed by atoms with Gasteiger partial charge in [-0.05, 0) is 12.5 Å². The molecule has 0 aliphatic rings. The summed E-state index contributed by atoms with van der Waals surface area (Å²) in [4.78, 5) is 4.01. The molecule has 0 atom stereocenters. The Hall–Kier alpha value is -0.570. The van der Waals surface area contributed by atoms with Gasteiger partial charge in [-0.25, -0.2) is 0 Å². The summed E-state index contributed by atoms with van der Waals surface area (Å²) in [6, 6.07) is 0. The lowest BCUT2D eigenvalue weighted by Crippen LogP contribution is -1.95. The van der Waals surface area contributed by atoms with Crippen molar-refractivity contribution in [1.29, 1.82) is 0 Å². The summed E-state index contributed by atoms with van der Waals surface area (Å²) in [5.74, 6) is 0. The van der Waals surface area contributed by atoms with E-state index < -0.39 is 0 Å². The maximum absolute atomic E-state index is 5.72. The molecular formula is C7H9BrN2. The minimum atomic E-state index is 0.771. The molecule has 10 heavy (non-hydrogen) atoms. The Bertz CT molecular complexity index is 235. The third kappa shape index (κ3) is 1.29. The molecule has 0 spiro atoms. The molecule has 0 saturated carbocycles. The minimum absolute atomic E-state index is 0.771. The predicted molar refractivity (Wildman–Crippen MR) is 46.0 cm³/mol. The van der Waals surface area contributed by atoms with Crippen LogP contribution in [0.4, 0.5) is 5.69 Å². The van der Waals surface area contributed by atoms with Gasteiger partial charge in [-0.2, -0.15) is 0 Å². The molecule has 1 heterocycles. The van der Waals surface area contributed by atoms with Crippen molar-refractivity contribution < 1.29 is 0 Å². The zero-order valence-electron chi connectivity index (χ0n) is 5.76. The first-order valence-corrected chi connectivity index (χ1v) is 4.12. The third-order valence-corrected chi connectivity index (χ3v) is 2.02. The number of pyridine rings is 1. The number of alkyl halides is 1. The van der Waals surface area contributed by atoms with Crippen molar-refractivity contribution in [2.24, 2.45) is 0 Å². The first kappa shape index (κ1) is 7.54. The van der Waals surface area contributed by atoms with E-state index in [0.29, 0.717) is 0 Å². The van der Waals surface area contributed by atoms with Crippen molar-refractivity contribution in [1.82, 2.24) is 4.98 Å². The molecule has 2 nitrogen and oxygen atoms in total. The normalized spacial score (nSPS) is 9.80. The van der Waals surface area contributed by atoms with Crippen molar-refractivity contribution >= 4 is 21.6 Å². The standard InChI is InChI=1S/C7H9BrN2/c1-5-3-10-4-6(2-8)7(5)9/h3-4H,2H2,1H3,(H2,9,10). The summed E-state index contributed by atoms with van der Waals surface area (Å²) >= 11 is 3.32. The van der Waals surface area contributed by atoms with Gasteiger partial charge in [0, 0.05) is 29.0 Å². The van der Waals surface area contributed by atoms with Crippen LogP contribution in [0.25, 0.3) is 0 Å². The van der Waals surface area contributed by atoms with Gasteiger partial charge in [-0.15, -0.1) is 0 Å². The molecule has 1 aromatic rings. The van der Waals surface area contributed by atoms with Crippen LogP contribution >= 0.6 is 15.9 Å². The second-order valence-electron chi connectivity index (χ2n) is 2.16. The van der Waals surface area contributed by atoms with Crippen LogP contribution < -0.4 is 5.73 Å². The lowest BCUT2D eigenvalue weighted by Gasteiger charge is -2.02. The molecule has 0 saturated heterocycles. The van der Waals surface area contributed by atoms with Crippen molar-refractivity contribution in [2.45, 2.75) is 12.3 Å². The molecule has 0 amide bonds. The Morgan fingerprint density at radius 3 is 2.80 bits per heavy atom. The Kier molecular flexibility index (Phi) is 2.27. The Labute approximate surface area is 68.6 Å². The van der Waals surface area contributed by atoms with E-state index in [1.54, 1.807) is 12.4 Å². The highest BCUT2D eigenvalue weighted by molar-refractivity contribution is 9.08. The summed E-state index contributed by atoms with van der Waals surface area (Å²) < 4.78 is 0. The second-order valence-corrected chi connectivity index (χ2v) is 2.72. The molecule has 54 valence electrons. The van der Waals surface area contributed by atoms with Crippen LogP contribution in [-0.4, -0.2) is 4.98 Å². The summed E-state index contributed by atoms with van der Waals surface area (Å²) in [6.45, 7) is 1.95. The fourth-order valence-corrected chi connectivity index (χ4v) is 1.18. The van der Waals surface area contributed by atoms with E-state index >= 15 is 0 Å². The van der Waals surface area contributed by atoms with E-state index in [0.717, 1.165) is 22.1 Å². The first-order chi connectivity index (χ1) is 4.75. The van der Waals surface area contributed by atoms with Crippen LogP contribution in [0.3, 0.4) is 0 Å². The van der Waals surface area contributed by atoms with E-state index in [2.05, 4.69) is 20.9 Å². The first-order valence-electron chi connectivity index (χ1n) is 3.00. The maximum atomic E-state index is 5.72. The zero-order chi connectivity index (χ0) is 7.56. The lowest BCUT2D eigenvalue weighted by atomic mass is 10.2. The summed E-state index contributed by atoms with van der Waals surface area (Å²) in [6.07, 6.45) is 3.54. The maximum Gasteiger partial charge on any atom is 0.0415 e. The van der Waals surface area contributed by atoms with Gasteiger partial charge in [0.25, 0.3) is 0 Å². The molecule has 0 bridgehead atoms. The highest BCUT2D eigenvalue weighted by Gasteiger charge is 1.98. The fourth-order valence-electron chi connectivity index (χ4n) is 0.738. The minimum Gasteiger partial charge on any atom is -0.398 e. The van der Waals surface area contributed by atoms with Crippen molar-refractivity contribution in [3.8, 4) is 0 Å². The van der Waals surface area contributed by atoms with Crippen molar-refractivity contribution in [3.63, 3.8) is 0 Å².